The second kappa shape index (κ2) is 6.04. The Morgan fingerprint density at radius 2 is 1.79 bits per heavy atom. The standard InChI is InChI=1S/C14H13BrFNO2/c15-12-5-4-11(16)6-10(12)8-17-7-9-2-1-3-13(18)14(9)19/h1-6,17-19H,7-8H2. The number of hydrogen-bond acceptors (Lipinski definition) is 3. The predicted octanol–water partition coefficient (Wildman–Crippen LogP) is 3.29. The Hall–Kier alpha value is -1.59. The first kappa shape index (κ1) is 13.8. The number of hydrogen-bond donors (Lipinski definition) is 3. The average molecular weight is 326 g/mol. The summed E-state index contributed by atoms with van der Waals surface area (Å²) in [7, 11) is 0. The van der Waals surface area contributed by atoms with E-state index in [1.165, 1.54) is 18.2 Å². The molecule has 0 radical (unpaired) electrons. The molecule has 0 heterocycles. The van der Waals surface area contributed by atoms with Gasteiger partial charge in [0.2, 0.25) is 0 Å². The molecule has 2 aromatic carbocycles. The molecule has 0 aliphatic carbocycles. The van der Waals surface area contributed by atoms with E-state index in [9.17, 15) is 14.6 Å². The van der Waals surface area contributed by atoms with Gasteiger partial charge in [-0.25, -0.2) is 4.39 Å². The Bertz CT molecular complexity index is 588. The molecule has 0 unspecified atom stereocenters. The van der Waals surface area contributed by atoms with Crippen molar-refractivity contribution in [2.24, 2.45) is 0 Å². The summed E-state index contributed by atoms with van der Waals surface area (Å²) in [5.41, 5.74) is 1.38. The van der Waals surface area contributed by atoms with Crippen molar-refractivity contribution in [1.82, 2.24) is 5.32 Å². The lowest BCUT2D eigenvalue weighted by atomic mass is 10.1. The van der Waals surface area contributed by atoms with Crippen molar-refractivity contribution in [2.75, 3.05) is 0 Å². The molecule has 0 aliphatic heterocycles. The van der Waals surface area contributed by atoms with Gasteiger partial charge >= 0.3 is 0 Å². The van der Waals surface area contributed by atoms with Gasteiger partial charge in [-0.1, -0.05) is 28.1 Å². The molecule has 3 nitrogen and oxygen atoms in total. The zero-order valence-electron chi connectivity index (χ0n) is 10.0. The Balaban J connectivity index is 2.00. The van der Waals surface area contributed by atoms with Gasteiger partial charge < -0.3 is 15.5 Å². The van der Waals surface area contributed by atoms with E-state index < -0.39 is 0 Å². The minimum atomic E-state index is -0.291. The van der Waals surface area contributed by atoms with E-state index in [4.69, 9.17) is 0 Å². The van der Waals surface area contributed by atoms with Crippen molar-refractivity contribution < 1.29 is 14.6 Å². The van der Waals surface area contributed by atoms with Crippen molar-refractivity contribution in [2.45, 2.75) is 13.1 Å². The lowest BCUT2D eigenvalue weighted by Gasteiger charge is -2.09. The van der Waals surface area contributed by atoms with Gasteiger partial charge in [-0.15, -0.1) is 0 Å². The summed E-state index contributed by atoms with van der Waals surface area (Å²) in [6.45, 7) is 0.830. The topological polar surface area (TPSA) is 52.5 Å². The molecule has 5 heteroatoms. The van der Waals surface area contributed by atoms with Crippen LogP contribution in [0.15, 0.2) is 40.9 Å². The first-order chi connectivity index (χ1) is 9.08. The Morgan fingerprint density at radius 1 is 1.05 bits per heavy atom. The molecule has 0 saturated carbocycles. The third kappa shape index (κ3) is 3.45. The molecule has 2 aromatic rings. The van der Waals surface area contributed by atoms with Crippen LogP contribution in [0, 0.1) is 5.82 Å². The highest BCUT2D eigenvalue weighted by Crippen LogP contribution is 2.28. The number of nitrogens with one attached hydrogen (secondary N) is 1. The van der Waals surface area contributed by atoms with E-state index in [0.29, 0.717) is 18.7 Å². The molecule has 0 aliphatic rings. The third-order valence-electron chi connectivity index (χ3n) is 2.74. The highest BCUT2D eigenvalue weighted by atomic mass is 79.9. The molecule has 0 atom stereocenters. The fraction of sp³-hybridized carbons (Fsp3) is 0.143. The van der Waals surface area contributed by atoms with Crippen molar-refractivity contribution in [3.05, 3.63) is 57.8 Å². The SMILES string of the molecule is Oc1cccc(CNCc2cc(F)ccc2Br)c1O. The zero-order chi connectivity index (χ0) is 13.8. The predicted molar refractivity (Wildman–Crippen MR) is 74.4 cm³/mol. The normalized spacial score (nSPS) is 10.6. The number of phenols is 2. The summed E-state index contributed by atoms with van der Waals surface area (Å²) in [6, 6.07) is 9.26. The van der Waals surface area contributed by atoms with Crippen LogP contribution in [0.5, 0.6) is 11.5 Å². The number of benzene rings is 2. The largest absolute Gasteiger partial charge is 0.504 e. The molecule has 100 valence electrons. The number of rotatable bonds is 4. The van der Waals surface area contributed by atoms with Gasteiger partial charge in [0.05, 0.1) is 0 Å². The van der Waals surface area contributed by atoms with Crippen LogP contribution in [-0.2, 0) is 13.1 Å². The van der Waals surface area contributed by atoms with Crippen LogP contribution in [0.2, 0.25) is 0 Å². The van der Waals surface area contributed by atoms with E-state index in [2.05, 4.69) is 21.2 Å². The molecule has 0 amide bonds. The Morgan fingerprint density at radius 3 is 2.58 bits per heavy atom. The van der Waals surface area contributed by atoms with Gasteiger partial charge in [-0.2, -0.15) is 0 Å². The molecule has 3 N–H and O–H groups in total. The summed E-state index contributed by atoms with van der Waals surface area (Å²) in [5.74, 6) is -0.570. The van der Waals surface area contributed by atoms with Crippen LogP contribution in [0.25, 0.3) is 0 Å². The highest BCUT2D eigenvalue weighted by molar-refractivity contribution is 9.10. The van der Waals surface area contributed by atoms with Crippen molar-refractivity contribution in [3.63, 3.8) is 0 Å². The molecule has 0 bridgehead atoms. The summed E-state index contributed by atoms with van der Waals surface area (Å²) in [5, 5.41) is 22.1. The van der Waals surface area contributed by atoms with Crippen LogP contribution < -0.4 is 5.32 Å². The molecule has 0 saturated heterocycles. The molecule has 19 heavy (non-hydrogen) atoms. The summed E-state index contributed by atoms with van der Waals surface area (Å²) in [4.78, 5) is 0. The molecular weight excluding hydrogens is 313 g/mol. The second-order valence-electron chi connectivity index (χ2n) is 4.12. The van der Waals surface area contributed by atoms with Crippen LogP contribution in [0.4, 0.5) is 4.39 Å². The van der Waals surface area contributed by atoms with E-state index in [-0.39, 0.29) is 17.3 Å². The number of phenolic OH excluding ortho intramolecular Hbond substituents is 2. The number of halogens is 2. The van der Waals surface area contributed by atoms with Crippen molar-refractivity contribution in [3.8, 4) is 11.5 Å². The van der Waals surface area contributed by atoms with E-state index in [1.807, 2.05) is 0 Å². The van der Waals surface area contributed by atoms with Crippen molar-refractivity contribution >= 4 is 15.9 Å². The molecule has 0 fully saturated rings. The third-order valence-corrected chi connectivity index (χ3v) is 3.51. The summed E-state index contributed by atoms with van der Waals surface area (Å²) >= 11 is 3.35. The second-order valence-corrected chi connectivity index (χ2v) is 4.98. The maximum atomic E-state index is 13.1. The van der Waals surface area contributed by atoms with Gasteiger partial charge in [-0.3, -0.25) is 0 Å². The van der Waals surface area contributed by atoms with Crippen LogP contribution in [-0.4, -0.2) is 10.2 Å². The lowest BCUT2D eigenvalue weighted by Crippen LogP contribution is -2.13. The van der Waals surface area contributed by atoms with Gasteiger partial charge in [-0.05, 0) is 29.8 Å². The van der Waals surface area contributed by atoms with E-state index in [0.717, 1.165) is 10.0 Å². The molecule has 0 aromatic heterocycles. The fourth-order valence-electron chi connectivity index (χ4n) is 1.73. The Kier molecular flexibility index (Phi) is 4.39. The molecule has 2 rings (SSSR count). The first-order valence-electron chi connectivity index (χ1n) is 5.72. The number of aromatic hydroxyl groups is 2. The van der Waals surface area contributed by atoms with E-state index >= 15 is 0 Å². The van der Waals surface area contributed by atoms with Crippen LogP contribution >= 0.6 is 15.9 Å². The van der Waals surface area contributed by atoms with Gasteiger partial charge in [0.15, 0.2) is 11.5 Å². The smallest absolute Gasteiger partial charge is 0.161 e. The van der Waals surface area contributed by atoms with Gasteiger partial charge in [0, 0.05) is 23.1 Å². The number of para-hydroxylation sites is 1. The van der Waals surface area contributed by atoms with Crippen molar-refractivity contribution in [1.29, 1.82) is 0 Å². The van der Waals surface area contributed by atoms with Crippen LogP contribution in [0.1, 0.15) is 11.1 Å². The summed E-state index contributed by atoms with van der Waals surface area (Å²) < 4.78 is 13.9. The maximum Gasteiger partial charge on any atom is 0.161 e. The van der Waals surface area contributed by atoms with Crippen LogP contribution in [0.3, 0.4) is 0 Å². The summed E-state index contributed by atoms with van der Waals surface area (Å²) in [6.07, 6.45) is 0. The first-order valence-corrected chi connectivity index (χ1v) is 6.51. The molecular formula is C14H13BrFNO2. The lowest BCUT2D eigenvalue weighted by molar-refractivity contribution is 0.397. The minimum Gasteiger partial charge on any atom is -0.504 e. The highest BCUT2D eigenvalue weighted by Gasteiger charge is 2.06. The van der Waals surface area contributed by atoms with E-state index in [1.54, 1.807) is 18.2 Å². The minimum absolute atomic E-state index is 0.131. The molecule has 0 spiro atoms. The monoisotopic (exact) mass is 325 g/mol. The quantitative estimate of drug-likeness (QED) is 0.756. The van der Waals surface area contributed by atoms with Gasteiger partial charge in [0.25, 0.3) is 0 Å². The average Bonchev–Trinajstić information content (AvgIpc) is 2.38. The zero-order valence-corrected chi connectivity index (χ0v) is 11.6. The Labute approximate surface area is 118 Å². The van der Waals surface area contributed by atoms with Gasteiger partial charge in [0.1, 0.15) is 5.82 Å². The maximum absolute atomic E-state index is 13.1. The fourth-order valence-corrected chi connectivity index (χ4v) is 2.12.